The SMILES string of the molecule is OCC1CCCCN1Cc1cccc2c1NCC2. The van der Waals surface area contributed by atoms with E-state index in [4.69, 9.17) is 0 Å². The fraction of sp³-hybridized carbons (Fsp3) is 0.600. The third-order valence-corrected chi connectivity index (χ3v) is 4.27. The van der Waals surface area contributed by atoms with Gasteiger partial charge in [0, 0.05) is 24.8 Å². The van der Waals surface area contributed by atoms with Crippen LogP contribution in [0.15, 0.2) is 18.2 Å². The molecule has 0 bridgehead atoms. The van der Waals surface area contributed by atoms with Crippen molar-refractivity contribution in [3.8, 4) is 0 Å². The van der Waals surface area contributed by atoms with Gasteiger partial charge in [0.15, 0.2) is 0 Å². The molecule has 98 valence electrons. The monoisotopic (exact) mass is 246 g/mol. The molecule has 1 aromatic rings. The van der Waals surface area contributed by atoms with Crippen LogP contribution in [0.2, 0.25) is 0 Å². The summed E-state index contributed by atoms with van der Waals surface area (Å²) in [6, 6.07) is 6.97. The number of piperidine rings is 1. The number of likely N-dealkylation sites (tertiary alicyclic amines) is 1. The number of nitrogens with one attached hydrogen (secondary N) is 1. The number of hydrogen-bond acceptors (Lipinski definition) is 3. The number of aliphatic hydroxyl groups excluding tert-OH is 1. The van der Waals surface area contributed by atoms with E-state index < -0.39 is 0 Å². The summed E-state index contributed by atoms with van der Waals surface area (Å²) >= 11 is 0. The van der Waals surface area contributed by atoms with Crippen molar-refractivity contribution in [2.24, 2.45) is 0 Å². The predicted molar refractivity (Wildman–Crippen MR) is 73.8 cm³/mol. The molecule has 1 unspecified atom stereocenters. The van der Waals surface area contributed by atoms with E-state index in [-0.39, 0.29) is 0 Å². The first-order valence-electron chi connectivity index (χ1n) is 7.08. The van der Waals surface area contributed by atoms with Gasteiger partial charge >= 0.3 is 0 Å². The van der Waals surface area contributed by atoms with E-state index in [0.717, 1.165) is 32.5 Å². The Morgan fingerprint density at radius 3 is 3.17 bits per heavy atom. The molecule has 1 saturated heterocycles. The Labute approximate surface area is 109 Å². The Bertz CT molecular complexity index is 419. The lowest BCUT2D eigenvalue weighted by Crippen LogP contribution is -2.41. The van der Waals surface area contributed by atoms with Crippen LogP contribution in [0.4, 0.5) is 5.69 Å². The van der Waals surface area contributed by atoms with Gasteiger partial charge in [0.25, 0.3) is 0 Å². The first kappa shape index (κ1) is 12.0. The number of nitrogens with zero attached hydrogens (tertiary/aromatic N) is 1. The molecule has 0 amide bonds. The highest BCUT2D eigenvalue weighted by Crippen LogP contribution is 2.29. The molecule has 18 heavy (non-hydrogen) atoms. The molecule has 1 aromatic carbocycles. The molecule has 0 spiro atoms. The van der Waals surface area contributed by atoms with Gasteiger partial charge in [0.2, 0.25) is 0 Å². The minimum atomic E-state index is 0.294. The zero-order valence-corrected chi connectivity index (χ0v) is 10.9. The highest BCUT2D eigenvalue weighted by atomic mass is 16.3. The van der Waals surface area contributed by atoms with Crippen LogP contribution in [-0.4, -0.2) is 35.7 Å². The average Bonchev–Trinajstić information content (AvgIpc) is 2.89. The van der Waals surface area contributed by atoms with Crippen LogP contribution < -0.4 is 5.32 Å². The van der Waals surface area contributed by atoms with Gasteiger partial charge in [0.1, 0.15) is 0 Å². The second kappa shape index (κ2) is 5.29. The summed E-state index contributed by atoms with van der Waals surface area (Å²) in [6.07, 6.45) is 4.80. The van der Waals surface area contributed by atoms with Crippen LogP contribution in [0.5, 0.6) is 0 Å². The van der Waals surface area contributed by atoms with Gasteiger partial charge in [0.05, 0.1) is 6.61 Å². The van der Waals surface area contributed by atoms with E-state index in [0.29, 0.717) is 12.6 Å². The lowest BCUT2D eigenvalue weighted by Gasteiger charge is -2.35. The zero-order chi connectivity index (χ0) is 12.4. The molecule has 2 N–H and O–H groups in total. The molecule has 0 radical (unpaired) electrons. The molecular weight excluding hydrogens is 224 g/mol. The molecule has 3 heteroatoms. The van der Waals surface area contributed by atoms with Crippen LogP contribution in [0, 0.1) is 0 Å². The van der Waals surface area contributed by atoms with Gasteiger partial charge in [-0.15, -0.1) is 0 Å². The summed E-state index contributed by atoms with van der Waals surface area (Å²) in [6.45, 7) is 3.45. The van der Waals surface area contributed by atoms with Gasteiger partial charge in [-0.1, -0.05) is 24.6 Å². The number of para-hydroxylation sites is 1. The number of benzene rings is 1. The van der Waals surface area contributed by atoms with Gasteiger partial charge in [-0.25, -0.2) is 0 Å². The average molecular weight is 246 g/mol. The fourth-order valence-corrected chi connectivity index (χ4v) is 3.24. The Morgan fingerprint density at radius 1 is 1.33 bits per heavy atom. The van der Waals surface area contributed by atoms with Crippen molar-refractivity contribution in [1.29, 1.82) is 0 Å². The maximum absolute atomic E-state index is 9.48. The maximum Gasteiger partial charge on any atom is 0.0586 e. The Balaban J connectivity index is 1.77. The smallest absolute Gasteiger partial charge is 0.0586 e. The third-order valence-electron chi connectivity index (χ3n) is 4.27. The van der Waals surface area contributed by atoms with Gasteiger partial charge in [-0.05, 0) is 36.9 Å². The normalized spacial score (nSPS) is 23.7. The van der Waals surface area contributed by atoms with E-state index >= 15 is 0 Å². The lowest BCUT2D eigenvalue weighted by molar-refractivity contribution is 0.0843. The molecule has 0 aliphatic carbocycles. The third kappa shape index (κ3) is 2.25. The fourth-order valence-electron chi connectivity index (χ4n) is 3.24. The highest BCUT2D eigenvalue weighted by molar-refractivity contribution is 5.61. The minimum Gasteiger partial charge on any atom is -0.395 e. The number of aliphatic hydroxyl groups is 1. The van der Waals surface area contributed by atoms with Crippen LogP contribution in [0.25, 0.3) is 0 Å². The minimum absolute atomic E-state index is 0.294. The Kier molecular flexibility index (Phi) is 3.52. The Hall–Kier alpha value is -1.06. The van der Waals surface area contributed by atoms with E-state index in [1.807, 2.05) is 0 Å². The van der Waals surface area contributed by atoms with Gasteiger partial charge in [-0.2, -0.15) is 0 Å². The molecule has 1 atom stereocenters. The molecule has 0 aromatic heterocycles. The number of anilines is 1. The summed E-state index contributed by atoms with van der Waals surface area (Å²) < 4.78 is 0. The summed E-state index contributed by atoms with van der Waals surface area (Å²) in [5.41, 5.74) is 4.19. The molecule has 1 fully saturated rings. The van der Waals surface area contributed by atoms with E-state index in [9.17, 15) is 5.11 Å². The van der Waals surface area contributed by atoms with Crippen molar-refractivity contribution in [1.82, 2.24) is 4.90 Å². The van der Waals surface area contributed by atoms with Crippen LogP contribution in [-0.2, 0) is 13.0 Å². The first-order chi connectivity index (χ1) is 8.88. The second-order valence-electron chi connectivity index (χ2n) is 5.43. The summed E-state index contributed by atoms with van der Waals surface area (Å²) in [5.74, 6) is 0. The topological polar surface area (TPSA) is 35.5 Å². The zero-order valence-electron chi connectivity index (χ0n) is 10.9. The molecular formula is C15H22N2O. The molecule has 2 aliphatic rings. The lowest BCUT2D eigenvalue weighted by atomic mass is 10.0. The molecule has 2 aliphatic heterocycles. The Morgan fingerprint density at radius 2 is 2.28 bits per heavy atom. The summed E-state index contributed by atoms with van der Waals surface area (Å²) in [7, 11) is 0. The second-order valence-corrected chi connectivity index (χ2v) is 5.43. The van der Waals surface area contributed by atoms with Crippen LogP contribution >= 0.6 is 0 Å². The first-order valence-corrected chi connectivity index (χ1v) is 7.08. The van der Waals surface area contributed by atoms with Crippen molar-refractivity contribution in [3.63, 3.8) is 0 Å². The van der Waals surface area contributed by atoms with Crippen molar-refractivity contribution < 1.29 is 5.11 Å². The predicted octanol–water partition coefficient (Wildman–Crippen LogP) is 2.00. The number of hydrogen-bond donors (Lipinski definition) is 2. The summed E-state index contributed by atoms with van der Waals surface area (Å²) in [4.78, 5) is 2.44. The van der Waals surface area contributed by atoms with Crippen molar-refractivity contribution in [2.45, 2.75) is 38.3 Å². The van der Waals surface area contributed by atoms with Crippen molar-refractivity contribution in [2.75, 3.05) is 25.0 Å². The summed E-state index contributed by atoms with van der Waals surface area (Å²) in [5, 5.41) is 13.0. The largest absolute Gasteiger partial charge is 0.395 e. The number of fused-ring (bicyclic) bond motifs is 1. The highest BCUT2D eigenvalue weighted by Gasteiger charge is 2.23. The van der Waals surface area contributed by atoms with E-state index in [1.54, 1.807) is 0 Å². The van der Waals surface area contributed by atoms with E-state index in [1.165, 1.54) is 29.7 Å². The van der Waals surface area contributed by atoms with Gasteiger partial charge < -0.3 is 10.4 Å². The quantitative estimate of drug-likeness (QED) is 0.856. The molecule has 3 nitrogen and oxygen atoms in total. The molecule has 3 rings (SSSR count). The molecule has 0 saturated carbocycles. The van der Waals surface area contributed by atoms with Crippen molar-refractivity contribution >= 4 is 5.69 Å². The van der Waals surface area contributed by atoms with Crippen LogP contribution in [0.3, 0.4) is 0 Å². The van der Waals surface area contributed by atoms with Crippen LogP contribution in [0.1, 0.15) is 30.4 Å². The van der Waals surface area contributed by atoms with E-state index in [2.05, 4.69) is 28.4 Å². The van der Waals surface area contributed by atoms with Crippen molar-refractivity contribution in [3.05, 3.63) is 29.3 Å². The van der Waals surface area contributed by atoms with Gasteiger partial charge in [-0.3, -0.25) is 4.90 Å². The maximum atomic E-state index is 9.48. The number of rotatable bonds is 3. The molecule has 2 heterocycles. The standard InChI is InChI=1S/C15H22N2O/c18-11-14-6-1-2-9-17(14)10-13-5-3-4-12-7-8-16-15(12)13/h3-5,14,16,18H,1-2,6-11H2.